The van der Waals surface area contributed by atoms with Crippen molar-refractivity contribution in [1.29, 1.82) is 0 Å². The predicted molar refractivity (Wildman–Crippen MR) is 84.5 cm³/mol. The smallest absolute Gasteiger partial charge is 0.240 e. The van der Waals surface area contributed by atoms with Crippen molar-refractivity contribution < 1.29 is 17.9 Å². The van der Waals surface area contributed by atoms with Crippen LogP contribution in [0.2, 0.25) is 0 Å². The first-order valence-electron chi connectivity index (χ1n) is 6.52. The van der Waals surface area contributed by atoms with Gasteiger partial charge in [-0.2, -0.15) is 0 Å². The molecule has 1 atom stereocenters. The molecule has 0 amide bonds. The first kappa shape index (κ1) is 20.1. The molecule has 21 heavy (non-hydrogen) atoms. The molecule has 3 N–H and O–H groups in total. The summed E-state index contributed by atoms with van der Waals surface area (Å²) in [7, 11) is -3.53. The van der Waals surface area contributed by atoms with Crippen molar-refractivity contribution in [2.75, 3.05) is 26.4 Å². The molecule has 0 aromatic heterocycles. The van der Waals surface area contributed by atoms with Crippen molar-refractivity contribution >= 4 is 22.4 Å². The Morgan fingerprint density at radius 1 is 1.24 bits per heavy atom. The Labute approximate surface area is 132 Å². The highest BCUT2D eigenvalue weighted by atomic mass is 35.5. The average Bonchev–Trinajstić information content (AvgIpc) is 2.43. The lowest BCUT2D eigenvalue weighted by molar-refractivity contribution is 0.110. The maximum absolute atomic E-state index is 12.0. The summed E-state index contributed by atoms with van der Waals surface area (Å²) in [5, 5.41) is 0. The van der Waals surface area contributed by atoms with Gasteiger partial charge in [0.1, 0.15) is 12.4 Å². The van der Waals surface area contributed by atoms with Crippen LogP contribution in [-0.4, -0.2) is 40.8 Å². The van der Waals surface area contributed by atoms with E-state index in [-0.39, 0.29) is 29.9 Å². The molecule has 0 aliphatic rings. The average molecular weight is 339 g/mol. The maximum atomic E-state index is 12.0. The summed E-state index contributed by atoms with van der Waals surface area (Å²) < 4.78 is 37.0. The number of halogens is 1. The standard InChI is InChI=1S/C13H22N2O4S.ClH/c1-3-18-8-9-19-12-4-6-13(7-5-12)20(16,17)15-11(2)10-14;/h4-7,11,15H,3,8-10,14H2,1-2H3;1H/t11-;/m0./s1. The van der Waals surface area contributed by atoms with Crippen LogP contribution in [0.4, 0.5) is 0 Å². The Bertz CT molecular complexity index is 493. The normalized spacial score (nSPS) is 12.5. The first-order valence-corrected chi connectivity index (χ1v) is 8.01. The lowest BCUT2D eigenvalue weighted by Gasteiger charge is -2.12. The van der Waals surface area contributed by atoms with Gasteiger partial charge in [0.2, 0.25) is 10.0 Å². The number of rotatable bonds is 9. The molecule has 1 rings (SSSR count). The summed E-state index contributed by atoms with van der Waals surface area (Å²) in [5.41, 5.74) is 5.40. The monoisotopic (exact) mass is 338 g/mol. The number of hydrogen-bond acceptors (Lipinski definition) is 5. The Balaban J connectivity index is 0.00000400. The van der Waals surface area contributed by atoms with Crippen molar-refractivity contribution in [1.82, 2.24) is 4.72 Å². The van der Waals surface area contributed by atoms with E-state index in [2.05, 4.69) is 4.72 Å². The summed E-state index contributed by atoms with van der Waals surface area (Å²) in [5.74, 6) is 0.607. The van der Waals surface area contributed by atoms with E-state index in [9.17, 15) is 8.42 Å². The van der Waals surface area contributed by atoms with Gasteiger partial charge in [0.15, 0.2) is 0 Å². The van der Waals surface area contributed by atoms with E-state index in [1.54, 1.807) is 19.1 Å². The number of nitrogens with two attached hydrogens (primary N) is 1. The maximum Gasteiger partial charge on any atom is 0.240 e. The lowest BCUT2D eigenvalue weighted by atomic mass is 10.3. The summed E-state index contributed by atoms with van der Waals surface area (Å²) in [4.78, 5) is 0.190. The molecular weight excluding hydrogens is 316 g/mol. The van der Waals surface area contributed by atoms with Gasteiger partial charge in [0, 0.05) is 19.2 Å². The topological polar surface area (TPSA) is 90.6 Å². The minimum Gasteiger partial charge on any atom is -0.491 e. The number of ether oxygens (including phenoxy) is 2. The van der Waals surface area contributed by atoms with Crippen molar-refractivity contribution in [3.05, 3.63) is 24.3 Å². The molecule has 0 bridgehead atoms. The van der Waals surface area contributed by atoms with Crippen molar-refractivity contribution in [3.8, 4) is 5.75 Å². The largest absolute Gasteiger partial charge is 0.491 e. The third-order valence-corrected chi connectivity index (χ3v) is 4.15. The summed E-state index contributed by atoms with van der Waals surface area (Å²) in [6.07, 6.45) is 0. The second kappa shape index (κ2) is 9.97. The van der Waals surface area contributed by atoms with Gasteiger partial charge in [-0.15, -0.1) is 12.4 Å². The molecule has 0 fully saturated rings. The zero-order chi connectivity index (χ0) is 15.0. The fourth-order valence-electron chi connectivity index (χ4n) is 1.46. The van der Waals surface area contributed by atoms with Crippen LogP contribution in [0, 0.1) is 0 Å². The summed E-state index contributed by atoms with van der Waals surface area (Å²) in [6, 6.07) is 5.94. The van der Waals surface area contributed by atoms with Crippen molar-refractivity contribution in [2.45, 2.75) is 24.8 Å². The molecule has 0 heterocycles. The van der Waals surface area contributed by atoms with Crippen LogP contribution in [-0.2, 0) is 14.8 Å². The Morgan fingerprint density at radius 2 is 1.86 bits per heavy atom. The van der Waals surface area contributed by atoms with Gasteiger partial charge >= 0.3 is 0 Å². The second-order valence-electron chi connectivity index (χ2n) is 4.27. The molecule has 1 aromatic rings. The van der Waals surface area contributed by atoms with E-state index in [1.165, 1.54) is 12.1 Å². The highest BCUT2D eigenvalue weighted by Gasteiger charge is 2.16. The molecule has 122 valence electrons. The van der Waals surface area contributed by atoms with E-state index in [0.717, 1.165) is 0 Å². The highest BCUT2D eigenvalue weighted by Crippen LogP contribution is 2.16. The van der Waals surface area contributed by atoms with Crippen LogP contribution in [0.1, 0.15) is 13.8 Å². The molecule has 0 aliphatic heterocycles. The van der Waals surface area contributed by atoms with Crippen LogP contribution in [0.15, 0.2) is 29.2 Å². The van der Waals surface area contributed by atoms with E-state index in [1.807, 2.05) is 6.92 Å². The molecule has 0 saturated carbocycles. The molecular formula is C13H23ClN2O4S. The molecule has 0 radical (unpaired) electrons. The Morgan fingerprint density at radius 3 is 2.38 bits per heavy atom. The predicted octanol–water partition coefficient (Wildman–Crippen LogP) is 1.15. The van der Waals surface area contributed by atoms with Gasteiger partial charge in [-0.05, 0) is 38.1 Å². The number of nitrogens with one attached hydrogen (secondary N) is 1. The zero-order valence-electron chi connectivity index (χ0n) is 12.2. The lowest BCUT2D eigenvalue weighted by Crippen LogP contribution is -2.37. The molecule has 0 aliphatic carbocycles. The highest BCUT2D eigenvalue weighted by molar-refractivity contribution is 7.89. The zero-order valence-corrected chi connectivity index (χ0v) is 13.9. The summed E-state index contributed by atoms with van der Waals surface area (Å²) >= 11 is 0. The molecule has 8 heteroatoms. The fraction of sp³-hybridized carbons (Fsp3) is 0.538. The molecule has 0 unspecified atom stereocenters. The van der Waals surface area contributed by atoms with Crippen LogP contribution in [0.25, 0.3) is 0 Å². The Kier molecular flexibility index (Phi) is 9.56. The van der Waals surface area contributed by atoms with Gasteiger partial charge in [-0.3, -0.25) is 0 Å². The molecule has 1 aromatic carbocycles. The van der Waals surface area contributed by atoms with Gasteiger partial charge in [0.05, 0.1) is 11.5 Å². The molecule has 0 spiro atoms. The van der Waals surface area contributed by atoms with Gasteiger partial charge in [-0.25, -0.2) is 13.1 Å². The quantitative estimate of drug-likeness (QED) is 0.659. The fourth-order valence-corrected chi connectivity index (χ4v) is 2.72. The van der Waals surface area contributed by atoms with Gasteiger partial charge in [-0.1, -0.05) is 0 Å². The van der Waals surface area contributed by atoms with Crippen LogP contribution in [0.3, 0.4) is 0 Å². The van der Waals surface area contributed by atoms with E-state index >= 15 is 0 Å². The van der Waals surface area contributed by atoms with Gasteiger partial charge in [0.25, 0.3) is 0 Å². The third kappa shape index (κ3) is 7.10. The van der Waals surface area contributed by atoms with Crippen LogP contribution >= 0.6 is 12.4 Å². The number of benzene rings is 1. The van der Waals surface area contributed by atoms with E-state index in [0.29, 0.717) is 25.6 Å². The minimum atomic E-state index is -3.53. The molecule has 6 nitrogen and oxygen atoms in total. The van der Waals surface area contributed by atoms with E-state index < -0.39 is 10.0 Å². The van der Waals surface area contributed by atoms with Crippen molar-refractivity contribution in [2.24, 2.45) is 5.73 Å². The second-order valence-corrected chi connectivity index (χ2v) is 5.99. The van der Waals surface area contributed by atoms with Gasteiger partial charge < -0.3 is 15.2 Å². The van der Waals surface area contributed by atoms with E-state index in [4.69, 9.17) is 15.2 Å². The van der Waals surface area contributed by atoms with Crippen LogP contribution < -0.4 is 15.2 Å². The SMILES string of the molecule is CCOCCOc1ccc(S(=O)(=O)N[C@@H](C)CN)cc1.Cl. The number of sulfonamides is 1. The van der Waals surface area contributed by atoms with Crippen LogP contribution in [0.5, 0.6) is 5.75 Å². The van der Waals surface area contributed by atoms with Crippen molar-refractivity contribution in [3.63, 3.8) is 0 Å². The Hall–Kier alpha value is -0.860. The third-order valence-electron chi connectivity index (χ3n) is 2.54. The number of hydrogen-bond donors (Lipinski definition) is 2. The first-order chi connectivity index (χ1) is 9.49. The minimum absolute atomic E-state index is 0. The molecule has 0 saturated heterocycles. The summed E-state index contributed by atoms with van der Waals surface area (Å²) in [6.45, 7) is 5.45.